The summed E-state index contributed by atoms with van der Waals surface area (Å²) in [4.78, 5) is 0. The SMILES string of the molecule is CCCCCCCCCCOP(=O)(OCCCCCCCCCC)OC1[C@H]2OC3OC([C@@H]2OCc2ccccc2)[C@H](OCc2ccccc2)[C@H]1O3. The van der Waals surface area contributed by atoms with Gasteiger partial charge in [-0.15, -0.1) is 0 Å². The molecule has 0 radical (unpaired) electrons. The van der Waals surface area contributed by atoms with Crippen molar-refractivity contribution in [3.8, 4) is 0 Å². The monoisotopic (exact) mass is 730 g/mol. The standard InChI is InChI=1S/C41H63O9P/c1-3-5-7-9-11-13-15-23-29-45-51(42,46-30-24-16-14-12-10-8-6-4-2)50-40-38-35(43-31-33-25-19-17-20-26-33)37-36(39(40)49-41(47-37)48-38)44-32-34-27-21-18-22-28-34/h17-22,25-28,35-41H,3-16,23-24,29-32H2,1-2H3/t35-,36-,37?,38-,39+,40?,41?/m0/s1. The normalized spacial score (nSPS) is 25.5. The molecule has 3 saturated heterocycles. The summed E-state index contributed by atoms with van der Waals surface area (Å²) in [5, 5.41) is 0. The molecule has 0 spiro atoms. The second-order valence-electron chi connectivity index (χ2n) is 14.2. The van der Waals surface area contributed by atoms with E-state index >= 15 is 0 Å². The van der Waals surface area contributed by atoms with Gasteiger partial charge in [-0.3, -0.25) is 13.6 Å². The summed E-state index contributed by atoms with van der Waals surface area (Å²) in [6, 6.07) is 20.0. The Labute approximate surface area is 307 Å². The van der Waals surface area contributed by atoms with Crippen molar-refractivity contribution in [1.29, 1.82) is 0 Å². The Bertz CT molecular complexity index is 1160. The van der Waals surface area contributed by atoms with Gasteiger partial charge in [-0.05, 0) is 24.0 Å². The van der Waals surface area contributed by atoms with E-state index in [1.807, 2.05) is 60.7 Å². The van der Waals surface area contributed by atoms with Crippen LogP contribution < -0.4 is 0 Å². The van der Waals surface area contributed by atoms with E-state index in [4.69, 9.17) is 37.3 Å². The zero-order valence-electron chi connectivity index (χ0n) is 31.1. The number of unbranched alkanes of at least 4 members (excludes halogenated alkanes) is 14. The number of benzene rings is 2. The van der Waals surface area contributed by atoms with E-state index in [-0.39, 0.29) is 0 Å². The molecule has 286 valence electrons. The van der Waals surface area contributed by atoms with Gasteiger partial charge in [0.2, 0.25) is 0 Å². The molecule has 6 rings (SSSR count). The van der Waals surface area contributed by atoms with Crippen LogP contribution in [-0.2, 0) is 55.0 Å². The first-order chi connectivity index (χ1) is 25.1. The molecule has 0 amide bonds. The summed E-state index contributed by atoms with van der Waals surface area (Å²) in [6.07, 6.45) is 14.8. The summed E-state index contributed by atoms with van der Waals surface area (Å²) >= 11 is 0. The summed E-state index contributed by atoms with van der Waals surface area (Å²) in [7, 11) is -4.01. The fourth-order valence-electron chi connectivity index (χ4n) is 7.17. The molecule has 0 N–H and O–H groups in total. The summed E-state index contributed by atoms with van der Waals surface area (Å²) in [5.41, 5.74) is 2.05. The number of rotatable bonds is 28. The highest BCUT2D eigenvalue weighted by Gasteiger charge is 2.65. The van der Waals surface area contributed by atoms with E-state index in [9.17, 15) is 4.57 Å². The second kappa shape index (κ2) is 22.5. The molecule has 4 fully saturated rings. The largest absolute Gasteiger partial charge is 0.475 e. The molecule has 2 aromatic carbocycles. The van der Waals surface area contributed by atoms with Crippen LogP contribution in [0.15, 0.2) is 60.7 Å². The van der Waals surface area contributed by atoms with Crippen LogP contribution in [0.25, 0.3) is 0 Å². The van der Waals surface area contributed by atoms with E-state index in [1.54, 1.807) is 0 Å². The van der Waals surface area contributed by atoms with Crippen LogP contribution in [0.5, 0.6) is 0 Å². The Morgan fingerprint density at radius 1 is 0.510 bits per heavy atom. The van der Waals surface area contributed by atoms with Gasteiger partial charge in [-0.1, -0.05) is 164 Å². The van der Waals surface area contributed by atoms with Gasteiger partial charge in [0, 0.05) is 0 Å². The van der Waals surface area contributed by atoms with Crippen molar-refractivity contribution in [1.82, 2.24) is 0 Å². The van der Waals surface area contributed by atoms with E-state index in [1.165, 1.54) is 64.2 Å². The smallest absolute Gasteiger partial charge is 0.368 e. The highest BCUT2D eigenvalue weighted by Crippen LogP contribution is 2.55. The average molecular weight is 731 g/mol. The molecule has 4 aliphatic rings. The molecule has 10 heteroatoms. The first kappa shape index (κ1) is 40.5. The van der Waals surface area contributed by atoms with Gasteiger partial charge >= 0.3 is 7.82 Å². The van der Waals surface area contributed by atoms with Gasteiger partial charge in [-0.25, -0.2) is 4.57 Å². The number of hydrogen-bond donors (Lipinski definition) is 0. The van der Waals surface area contributed by atoms with E-state index in [2.05, 4.69) is 13.8 Å². The number of hydrogen-bond acceptors (Lipinski definition) is 9. The molecule has 7 atom stereocenters. The van der Waals surface area contributed by atoms with Crippen LogP contribution in [-0.4, -0.2) is 56.3 Å². The highest BCUT2D eigenvalue weighted by atomic mass is 31.2. The number of phosphoric acid groups is 1. The second-order valence-corrected chi connectivity index (χ2v) is 15.9. The molecule has 9 nitrogen and oxygen atoms in total. The summed E-state index contributed by atoms with van der Waals surface area (Å²) in [6.45, 7) is 4.88. The third kappa shape index (κ3) is 13.0. The molecule has 3 unspecified atom stereocenters. The minimum absolute atomic E-state index is 0.295. The first-order valence-corrected chi connectivity index (χ1v) is 21.4. The minimum Gasteiger partial charge on any atom is -0.368 e. The Morgan fingerprint density at radius 2 is 0.882 bits per heavy atom. The van der Waals surface area contributed by atoms with Gasteiger partial charge in [0.1, 0.15) is 36.6 Å². The van der Waals surface area contributed by atoms with Gasteiger partial charge in [0.05, 0.1) is 26.4 Å². The lowest BCUT2D eigenvalue weighted by Gasteiger charge is -2.58. The topological polar surface area (TPSA) is 90.9 Å². The molecule has 3 aliphatic heterocycles. The Morgan fingerprint density at radius 3 is 1.29 bits per heavy atom. The Hall–Kier alpha value is -1.65. The maximum Gasteiger partial charge on any atom is 0.475 e. The van der Waals surface area contributed by atoms with Crippen molar-refractivity contribution in [2.45, 2.75) is 173 Å². The van der Waals surface area contributed by atoms with Crippen LogP contribution in [0, 0.1) is 0 Å². The zero-order valence-corrected chi connectivity index (χ0v) is 32.0. The lowest BCUT2D eigenvalue weighted by Crippen LogP contribution is -2.76. The van der Waals surface area contributed by atoms with Crippen LogP contribution in [0.3, 0.4) is 0 Å². The van der Waals surface area contributed by atoms with Crippen molar-refractivity contribution in [2.24, 2.45) is 0 Å². The fourth-order valence-corrected chi connectivity index (χ4v) is 8.61. The summed E-state index contributed by atoms with van der Waals surface area (Å²) in [5.74, 6) is 0. The quantitative estimate of drug-likeness (QED) is 0.0627. The van der Waals surface area contributed by atoms with Crippen molar-refractivity contribution < 1.29 is 41.8 Å². The van der Waals surface area contributed by atoms with Crippen LogP contribution >= 0.6 is 7.82 Å². The molecule has 1 saturated carbocycles. The predicted octanol–water partition coefficient (Wildman–Crippen LogP) is 10.4. The third-order valence-electron chi connectivity index (χ3n) is 10.1. The van der Waals surface area contributed by atoms with Gasteiger partial charge in [0.15, 0.2) is 0 Å². The van der Waals surface area contributed by atoms with Gasteiger partial charge < -0.3 is 23.7 Å². The molecule has 2 aromatic rings. The molecule has 51 heavy (non-hydrogen) atoms. The van der Waals surface area contributed by atoms with Crippen molar-refractivity contribution in [3.63, 3.8) is 0 Å². The fraction of sp³-hybridized carbons (Fsp3) is 0.707. The maximum absolute atomic E-state index is 14.5. The molecular formula is C41H63O9P. The minimum atomic E-state index is -4.01. The first-order valence-electron chi connectivity index (χ1n) is 19.9. The van der Waals surface area contributed by atoms with Crippen molar-refractivity contribution >= 4 is 7.82 Å². The predicted molar refractivity (Wildman–Crippen MR) is 198 cm³/mol. The molecule has 0 aromatic heterocycles. The Balaban J connectivity index is 1.25. The highest BCUT2D eigenvalue weighted by molar-refractivity contribution is 7.48. The van der Waals surface area contributed by atoms with E-state index in [0.29, 0.717) is 26.4 Å². The van der Waals surface area contributed by atoms with Crippen LogP contribution in [0.2, 0.25) is 0 Å². The van der Waals surface area contributed by atoms with Gasteiger partial charge in [-0.2, -0.15) is 0 Å². The average Bonchev–Trinajstić information content (AvgIpc) is 3.15. The number of ether oxygens (including phenoxy) is 5. The molecule has 4 bridgehead atoms. The lowest BCUT2D eigenvalue weighted by atomic mass is 9.82. The van der Waals surface area contributed by atoms with Gasteiger partial charge in [0.25, 0.3) is 6.48 Å². The van der Waals surface area contributed by atoms with Crippen LogP contribution in [0.1, 0.15) is 128 Å². The molecule has 3 heterocycles. The lowest BCUT2D eigenvalue weighted by molar-refractivity contribution is -0.485. The van der Waals surface area contributed by atoms with Crippen molar-refractivity contribution in [2.75, 3.05) is 13.2 Å². The zero-order chi connectivity index (χ0) is 35.6. The molecule has 1 aliphatic carbocycles. The maximum atomic E-state index is 14.5. The summed E-state index contributed by atoms with van der Waals surface area (Å²) < 4.78 is 64.7. The van der Waals surface area contributed by atoms with Crippen molar-refractivity contribution in [3.05, 3.63) is 71.8 Å². The third-order valence-corrected chi connectivity index (χ3v) is 11.6. The van der Waals surface area contributed by atoms with E-state index in [0.717, 1.165) is 49.7 Å². The molecular weight excluding hydrogens is 667 g/mol. The Kier molecular flexibility index (Phi) is 17.9. The van der Waals surface area contributed by atoms with E-state index < -0.39 is 50.9 Å². The van der Waals surface area contributed by atoms with Crippen LogP contribution in [0.4, 0.5) is 0 Å². The number of phosphoric ester groups is 1.